The molecule has 100 valence electrons. The van der Waals surface area contributed by atoms with Gasteiger partial charge in [-0.3, -0.25) is 4.90 Å². The first-order valence-corrected chi connectivity index (χ1v) is 6.84. The Kier molecular flexibility index (Phi) is 4.48. The lowest BCUT2D eigenvalue weighted by molar-refractivity contribution is 0.274. The van der Waals surface area contributed by atoms with Gasteiger partial charge in [0.1, 0.15) is 5.75 Å². The predicted molar refractivity (Wildman–Crippen MR) is 75.7 cm³/mol. The van der Waals surface area contributed by atoms with Crippen molar-refractivity contribution in [1.29, 1.82) is 0 Å². The van der Waals surface area contributed by atoms with Gasteiger partial charge in [0, 0.05) is 18.3 Å². The smallest absolute Gasteiger partial charge is 0.120 e. The second-order valence-electron chi connectivity index (χ2n) is 5.38. The summed E-state index contributed by atoms with van der Waals surface area (Å²) in [7, 11) is 1.67. The van der Waals surface area contributed by atoms with Gasteiger partial charge >= 0.3 is 0 Å². The molecule has 18 heavy (non-hydrogen) atoms. The predicted octanol–water partition coefficient (Wildman–Crippen LogP) is 2.90. The van der Waals surface area contributed by atoms with E-state index in [0.29, 0.717) is 0 Å². The zero-order valence-corrected chi connectivity index (χ0v) is 11.5. The molecule has 0 amide bonds. The minimum atomic E-state index is 0.834. The van der Waals surface area contributed by atoms with Crippen molar-refractivity contribution in [3.8, 4) is 5.75 Å². The molecule has 0 saturated carbocycles. The zero-order valence-electron chi connectivity index (χ0n) is 11.5. The lowest BCUT2D eigenvalue weighted by Crippen LogP contribution is -2.24. The maximum absolute atomic E-state index is 6.07. The van der Waals surface area contributed by atoms with Gasteiger partial charge in [-0.25, -0.2) is 0 Å². The summed E-state index contributed by atoms with van der Waals surface area (Å²) in [6.07, 6.45) is 3.96. The molecule has 2 N–H and O–H groups in total. The summed E-state index contributed by atoms with van der Waals surface area (Å²) < 4.78 is 5.18. The van der Waals surface area contributed by atoms with Gasteiger partial charge in [0.15, 0.2) is 0 Å². The quantitative estimate of drug-likeness (QED) is 0.836. The molecule has 1 aliphatic heterocycles. The Hall–Kier alpha value is -1.22. The summed E-state index contributed by atoms with van der Waals surface area (Å²) in [5.74, 6) is 1.70. The first-order chi connectivity index (χ1) is 8.69. The fraction of sp³-hybridized carbons (Fsp3) is 0.600. The van der Waals surface area contributed by atoms with E-state index in [1.54, 1.807) is 7.11 Å². The van der Waals surface area contributed by atoms with Crippen molar-refractivity contribution in [3.05, 3.63) is 23.8 Å². The van der Waals surface area contributed by atoms with E-state index in [9.17, 15) is 0 Å². The van der Waals surface area contributed by atoms with E-state index < -0.39 is 0 Å². The Bertz CT molecular complexity index is 392. The van der Waals surface area contributed by atoms with Crippen LogP contribution in [0.3, 0.4) is 0 Å². The van der Waals surface area contributed by atoms with Crippen molar-refractivity contribution in [2.45, 2.75) is 32.7 Å². The maximum atomic E-state index is 6.07. The monoisotopic (exact) mass is 248 g/mol. The van der Waals surface area contributed by atoms with Crippen LogP contribution in [0.15, 0.2) is 18.2 Å². The van der Waals surface area contributed by atoms with Gasteiger partial charge in [0.25, 0.3) is 0 Å². The van der Waals surface area contributed by atoms with Gasteiger partial charge in [-0.2, -0.15) is 0 Å². The van der Waals surface area contributed by atoms with E-state index in [2.05, 4.69) is 17.9 Å². The molecule has 1 aromatic carbocycles. The Morgan fingerprint density at radius 2 is 2.17 bits per heavy atom. The average Bonchev–Trinajstić information content (AvgIpc) is 2.57. The molecule has 1 fully saturated rings. The highest BCUT2D eigenvalue weighted by molar-refractivity contribution is 5.51. The van der Waals surface area contributed by atoms with Crippen molar-refractivity contribution in [2.75, 3.05) is 25.9 Å². The summed E-state index contributed by atoms with van der Waals surface area (Å²) in [5.41, 5.74) is 8.13. The van der Waals surface area contributed by atoms with E-state index in [1.165, 1.54) is 37.9 Å². The molecule has 0 radical (unpaired) electrons. The third-order valence-corrected chi connectivity index (χ3v) is 3.86. The summed E-state index contributed by atoms with van der Waals surface area (Å²) in [5, 5.41) is 0. The lowest BCUT2D eigenvalue weighted by Gasteiger charge is -2.21. The Morgan fingerprint density at radius 1 is 1.33 bits per heavy atom. The van der Waals surface area contributed by atoms with E-state index in [0.717, 1.165) is 23.9 Å². The van der Waals surface area contributed by atoms with Crippen LogP contribution < -0.4 is 10.5 Å². The highest BCUT2D eigenvalue weighted by Gasteiger charge is 2.14. The molecular weight excluding hydrogens is 224 g/mol. The third kappa shape index (κ3) is 3.39. The van der Waals surface area contributed by atoms with Crippen LogP contribution in [0, 0.1) is 5.92 Å². The van der Waals surface area contributed by atoms with E-state index in [-0.39, 0.29) is 0 Å². The van der Waals surface area contributed by atoms with E-state index in [4.69, 9.17) is 10.5 Å². The molecule has 1 saturated heterocycles. The maximum Gasteiger partial charge on any atom is 0.120 e. The topological polar surface area (TPSA) is 38.5 Å². The van der Waals surface area contributed by atoms with Gasteiger partial charge in [-0.1, -0.05) is 13.0 Å². The minimum absolute atomic E-state index is 0.834. The molecule has 0 aromatic heterocycles. The average molecular weight is 248 g/mol. The van der Waals surface area contributed by atoms with Gasteiger partial charge < -0.3 is 10.5 Å². The molecule has 2 rings (SSSR count). The van der Waals surface area contributed by atoms with Gasteiger partial charge in [0.05, 0.1) is 7.11 Å². The molecule has 1 unspecified atom stereocenters. The van der Waals surface area contributed by atoms with Crippen molar-refractivity contribution in [3.63, 3.8) is 0 Å². The fourth-order valence-electron chi connectivity index (χ4n) is 2.57. The number of hydrogen-bond donors (Lipinski definition) is 1. The van der Waals surface area contributed by atoms with Gasteiger partial charge in [0.2, 0.25) is 0 Å². The highest BCUT2D eigenvalue weighted by Crippen LogP contribution is 2.23. The van der Waals surface area contributed by atoms with Crippen LogP contribution in [0.1, 0.15) is 31.7 Å². The van der Waals surface area contributed by atoms with E-state index in [1.807, 2.05) is 12.1 Å². The zero-order chi connectivity index (χ0) is 13.0. The molecule has 1 heterocycles. The summed E-state index contributed by atoms with van der Waals surface area (Å²) in [4.78, 5) is 2.52. The van der Waals surface area contributed by atoms with Crippen LogP contribution in [0.2, 0.25) is 0 Å². The normalized spacial score (nSPS) is 21.6. The molecule has 0 spiro atoms. The number of nitrogens with two attached hydrogens (primary N) is 1. The number of nitrogens with zero attached hydrogens (tertiary/aromatic N) is 1. The molecule has 3 nitrogen and oxygen atoms in total. The van der Waals surface area contributed by atoms with E-state index >= 15 is 0 Å². The molecule has 1 aliphatic rings. The summed E-state index contributed by atoms with van der Waals surface area (Å²) in [6, 6.07) is 5.99. The van der Waals surface area contributed by atoms with Crippen LogP contribution in [-0.4, -0.2) is 25.1 Å². The largest absolute Gasteiger partial charge is 0.497 e. The van der Waals surface area contributed by atoms with Crippen LogP contribution in [-0.2, 0) is 6.54 Å². The summed E-state index contributed by atoms with van der Waals surface area (Å²) in [6.45, 7) is 5.69. The number of anilines is 1. The third-order valence-electron chi connectivity index (χ3n) is 3.86. The van der Waals surface area contributed by atoms with Gasteiger partial charge in [-0.05, 0) is 49.9 Å². The van der Waals surface area contributed by atoms with Crippen molar-refractivity contribution >= 4 is 5.69 Å². The second kappa shape index (κ2) is 6.10. The van der Waals surface area contributed by atoms with Crippen molar-refractivity contribution in [2.24, 2.45) is 5.92 Å². The fourth-order valence-corrected chi connectivity index (χ4v) is 2.57. The SMILES string of the molecule is COc1ccc(CN2CCCC(C)CC2)c(N)c1. The molecule has 0 aliphatic carbocycles. The Balaban J connectivity index is 2.00. The van der Waals surface area contributed by atoms with Gasteiger partial charge in [-0.15, -0.1) is 0 Å². The number of likely N-dealkylation sites (tertiary alicyclic amines) is 1. The number of hydrogen-bond acceptors (Lipinski definition) is 3. The lowest BCUT2D eigenvalue weighted by atomic mass is 10.0. The number of rotatable bonds is 3. The van der Waals surface area contributed by atoms with Crippen LogP contribution >= 0.6 is 0 Å². The second-order valence-corrected chi connectivity index (χ2v) is 5.38. The van der Waals surface area contributed by atoms with Crippen LogP contribution in [0.4, 0.5) is 5.69 Å². The molecule has 1 atom stereocenters. The molecular formula is C15H24N2O. The molecule has 1 aromatic rings. The minimum Gasteiger partial charge on any atom is -0.497 e. The standard InChI is InChI=1S/C15H24N2O/c1-12-4-3-8-17(9-7-12)11-13-5-6-14(18-2)10-15(13)16/h5-6,10,12H,3-4,7-9,11,16H2,1-2H3. The van der Waals surface area contributed by atoms with Crippen LogP contribution in [0.25, 0.3) is 0 Å². The number of benzene rings is 1. The first-order valence-electron chi connectivity index (χ1n) is 6.84. The van der Waals surface area contributed by atoms with Crippen molar-refractivity contribution < 1.29 is 4.74 Å². The Labute approximate surface area is 110 Å². The first kappa shape index (κ1) is 13.2. The number of methoxy groups -OCH3 is 1. The Morgan fingerprint density at radius 3 is 2.89 bits per heavy atom. The number of ether oxygens (including phenoxy) is 1. The van der Waals surface area contributed by atoms with Crippen molar-refractivity contribution in [1.82, 2.24) is 4.90 Å². The number of nitrogen functional groups attached to an aromatic ring is 1. The van der Waals surface area contributed by atoms with Crippen LogP contribution in [0.5, 0.6) is 5.75 Å². The summed E-state index contributed by atoms with van der Waals surface area (Å²) >= 11 is 0. The molecule has 0 bridgehead atoms. The molecule has 3 heteroatoms. The highest BCUT2D eigenvalue weighted by atomic mass is 16.5.